The Bertz CT molecular complexity index is 5390. The highest BCUT2D eigenvalue weighted by atomic mass is 16.5. The van der Waals surface area contributed by atoms with Crippen LogP contribution in [0, 0.1) is 27.7 Å². The Morgan fingerprint density at radius 2 is 0.616 bits per heavy atom. The van der Waals surface area contributed by atoms with Gasteiger partial charge < -0.3 is 65.3 Å². The highest BCUT2D eigenvalue weighted by molar-refractivity contribution is 6.08. The van der Waals surface area contributed by atoms with E-state index in [2.05, 4.69) is 56.6 Å². The molecule has 8 heterocycles. The number of hydrogen-bond donors (Lipinski definition) is 9. The Morgan fingerprint density at radius 3 is 0.839 bits per heavy atom. The smallest absolute Gasteiger partial charge is 0.276 e. The molecule has 0 spiro atoms. The van der Waals surface area contributed by atoms with Crippen LogP contribution in [0.15, 0.2) is 97.1 Å². The molecule has 0 aliphatic heterocycles. The summed E-state index contributed by atoms with van der Waals surface area (Å²) in [6, 6.07) is 18.8. The van der Waals surface area contributed by atoms with Gasteiger partial charge in [0.15, 0.2) is 0 Å². The van der Waals surface area contributed by atoms with Gasteiger partial charge in [-0.15, -0.1) is 0 Å². The second kappa shape index (κ2) is 34.1. The lowest BCUT2D eigenvalue weighted by atomic mass is 10.1. The molecule has 8 aromatic heterocycles. The van der Waals surface area contributed by atoms with E-state index in [0.717, 1.165) is 0 Å². The lowest BCUT2D eigenvalue weighted by molar-refractivity contribution is 0.0991. The average Bonchev–Trinajstić information content (AvgIpc) is 1.62. The zero-order valence-corrected chi connectivity index (χ0v) is 63.5. The fourth-order valence-corrected chi connectivity index (χ4v) is 12.7. The third-order valence-electron chi connectivity index (χ3n) is 17.7. The monoisotopic (exact) mass is 1530 g/mol. The molecule has 584 valence electrons. The minimum atomic E-state index is -0.716. The fraction of sp³-hybridized carbons (Fsp3) is 0.307. The lowest BCUT2D eigenvalue weighted by Gasteiger charge is -2.13. The molecule has 12 rings (SSSR count). The van der Waals surface area contributed by atoms with Crippen LogP contribution in [-0.4, -0.2) is 164 Å². The standard InChI is InChI=1S/C38H44N12O6.C37H42N12O7/c1-7-14-56-30-20-24(34(40)52)18-26-32(30)48(38(42-26)44-36(54)28-16-22(5)46-50(28)9-3)13-11-10-12-47-31-25(17-23(33(39)51)19-29(31)55-6)41-37(47)43-35(53)27-15-21(4)45-49(27)8-2;1-6-48-26(14-20(3)44-48)34(53)42-36-40-24-16-22(32(38)51)18-28(55-5)30(24)46(36)10-8-9-11-47-31-25(17-23(33(39)52)19-29(31)56-13-12-50)41-37(47)43-35(54)27-15-21(4)45-49(27)7-2/h10-11,15-20H,7-9,12-14H2,1-6H3,(H2,39,51)(H2,40,52)(H,41,43,53)(H,42,44,54);8-9,14-19,50H,6-7,10-13H2,1-5H3,(H2,38,51)(H2,39,52)(H,40,42,53)(H,41,43,54)/b11-10+;9-8+. The van der Waals surface area contributed by atoms with E-state index in [4.69, 9.17) is 46.9 Å². The topological polar surface area (TPSA) is 488 Å². The van der Waals surface area contributed by atoms with Gasteiger partial charge in [0.05, 0.1) is 72.3 Å². The Hall–Kier alpha value is -14.0. The van der Waals surface area contributed by atoms with Gasteiger partial charge in [0, 0.05) is 74.6 Å². The largest absolute Gasteiger partial charge is 0.494 e. The van der Waals surface area contributed by atoms with Gasteiger partial charge in [-0.2, -0.15) is 20.4 Å². The van der Waals surface area contributed by atoms with Crippen LogP contribution in [-0.2, 0) is 52.4 Å². The van der Waals surface area contributed by atoms with E-state index < -0.39 is 47.3 Å². The van der Waals surface area contributed by atoms with Gasteiger partial charge in [-0.3, -0.25) is 78.4 Å². The summed E-state index contributed by atoms with van der Waals surface area (Å²) in [7, 11) is 2.91. The number of aromatic nitrogens is 16. The fourth-order valence-electron chi connectivity index (χ4n) is 12.7. The Balaban J connectivity index is 0.000000221. The molecule has 37 heteroatoms. The first-order valence-electron chi connectivity index (χ1n) is 35.8. The van der Waals surface area contributed by atoms with Gasteiger partial charge in [0.25, 0.3) is 23.6 Å². The number of nitrogens with two attached hydrogens (primary N) is 4. The molecule has 0 atom stereocenters. The molecule has 0 aliphatic carbocycles. The van der Waals surface area contributed by atoms with Crippen molar-refractivity contribution in [3.05, 3.63) is 165 Å². The van der Waals surface area contributed by atoms with E-state index in [9.17, 15) is 43.5 Å². The molecule has 0 saturated carbocycles. The van der Waals surface area contributed by atoms with Gasteiger partial charge in [-0.25, -0.2) is 19.9 Å². The normalized spacial score (nSPS) is 11.5. The highest BCUT2D eigenvalue weighted by Crippen LogP contribution is 2.36. The molecule has 13 N–H and O–H groups in total. The van der Waals surface area contributed by atoms with Crippen LogP contribution in [0.2, 0.25) is 0 Å². The molecule has 0 radical (unpaired) electrons. The summed E-state index contributed by atoms with van der Waals surface area (Å²) in [5.41, 5.74) is 30.6. The number of hydrogen-bond acceptors (Lipinski definition) is 21. The first-order chi connectivity index (χ1) is 53.7. The summed E-state index contributed by atoms with van der Waals surface area (Å²) in [5, 5.41) is 38.7. The number of methoxy groups -OCH3 is 2. The molecule has 0 aliphatic rings. The van der Waals surface area contributed by atoms with E-state index in [1.807, 2.05) is 46.8 Å². The summed E-state index contributed by atoms with van der Waals surface area (Å²) in [6.07, 6.45) is 7.99. The number of amides is 8. The third-order valence-corrected chi connectivity index (χ3v) is 17.7. The van der Waals surface area contributed by atoms with E-state index in [1.54, 1.807) is 113 Å². The van der Waals surface area contributed by atoms with Crippen LogP contribution in [0.4, 0.5) is 23.8 Å². The first-order valence-corrected chi connectivity index (χ1v) is 35.8. The number of primary amides is 4. The quantitative estimate of drug-likeness (QED) is 0.0192. The number of nitrogens with zero attached hydrogens (tertiary/aromatic N) is 16. The number of imidazole rings is 4. The number of fused-ring (bicyclic) bond motifs is 4. The summed E-state index contributed by atoms with van der Waals surface area (Å²) >= 11 is 0. The number of carbonyl (C=O) groups is 8. The van der Waals surface area contributed by atoms with Crippen molar-refractivity contribution in [1.29, 1.82) is 0 Å². The minimum Gasteiger partial charge on any atom is -0.494 e. The van der Waals surface area contributed by atoms with Crippen molar-refractivity contribution in [3.8, 4) is 23.0 Å². The van der Waals surface area contributed by atoms with E-state index >= 15 is 0 Å². The van der Waals surface area contributed by atoms with Gasteiger partial charge in [0.1, 0.15) is 74.4 Å². The molecule has 0 bridgehead atoms. The summed E-state index contributed by atoms with van der Waals surface area (Å²) < 4.78 is 36.5. The number of aliphatic hydroxyl groups is 1. The predicted molar refractivity (Wildman–Crippen MR) is 415 cm³/mol. The van der Waals surface area contributed by atoms with Crippen molar-refractivity contribution in [1.82, 2.24) is 77.3 Å². The average molecular weight is 1530 g/mol. The van der Waals surface area contributed by atoms with Crippen molar-refractivity contribution in [2.75, 3.05) is 55.3 Å². The number of aliphatic hydroxyl groups excluding tert-OH is 1. The zero-order valence-electron chi connectivity index (χ0n) is 63.5. The van der Waals surface area contributed by atoms with Gasteiger partial charge in [0.2, 0.25) is 47.4 Å². The lowest BCUT2D eigenvalue weighted by Crippen LogP contribution is -2.20. The van der Waals surface area contributed by atoms with E-state index in [1.165, 1.54) is 50.6 Å². The van der Waals surface area contributed by atoms with Gasteiger partial charge in [-0.1, -0.05) is 31.2 Å². The van der Waals surface area contributed by atoms with Crippen molar-refractivity contribution in [2.24, 2.45) is 22.9 Å². The number of rotatable bonds is 32. The molecule has 0 fully saturated rings. The Kier molecular flexibility index (Phi) is 24.0. The van der Waals surface area contributed by atoms with Crippen LogP contribution < -0.4 is 63.1 Å². The number of aryl methyl sites for hydroxylation is 8. The van der Waals surface area contributed by atoms with E-state index in [-0.39, 0.29) is 91.2 Å². The SMILES string of the molecule is CCCOc1cc(C(N)=O)cc2nc(NC(=O)c3cc(C)nn3CC)n(C/C=C/Cn3c(NC(=O)c4cc(C)nn4CC)nc4cc(C(N)=O)cc(OC)c43)c12.CCn1nc(C)cc1C(=O)Nc1nc2cc(C(N)=O)cc(OC)c2n1C/C=C/Cn1c(NC(=O)c2cc(C)nn2CC)nc2cc(C(N)=O)cc(OCCO)c21. The second-order valence-corrected chi connectivity index (χ2v) is 25.5. The van der Waals surface area contributed by atoms with Crippen LogP contribution >= 0.6 is 0 Å². The molecule has 12 aromatic rings. The number of anilines is 4. The van der Waals surface area contributed by atoms with Gasteiger partial charge in [-0.05, 0) is 135 Å². The number of allylic oxidation sites excluding steroid dienone is 4. The molecule has 8 amide bonds. The number of ether oxygens (including phenoxy) is 4. The molecule has 4 aromatic carbocycles. The maximum Gasteiger partial charge on any atom is 0.276 e. The summed E-state index contributed by atoms with van der Waals surface area (Å²) in [4.78, 5) is 122. The van der Waals surface area contributed by atoms with Gasteiger partial charge >= 0.3 is 0 Å². The molecule has 0 unspecified atom stereocenters. The van der Waals surface area contributed by atoms with Crippen molar-refractivity contribution < 1.29 is 62.4 Å². The highest BCUT2D eigenvalue weighted by Gasteiger charge is 2.28. The maximum absolute atomic E-state index is 13.6. The maximum atomic E-state index is 13.6. The summed E-state index contributed by atoms with van der Waals surface area (Å²) in [5.74, 6) is -2.58. The second-order valence-electron chi connectivity index (χ2n) is 25.5. The Morgan fingerprint density at radius 1 is 0.375 bits per heavy atom. The van der Waals surface area contributed by atoms with Crippen molar-refractivity contribution in [3.63, 3.8) is 0 Å². The van der Waals surface area contributed by atoms with Crippen LogP contribution in [0.25, 0.3) is 44.1 Å². The molecule has 37 nitrogen and oxygen atoms in total. The molecule has 112 heavy (non-hydrogen) atoms. The van der Waals surface area contributed by atoms with Crippen LogP contribution in [0.3, 0.4) is 0 Å². The zero-order chi connectivity index (χ0) is 80.5. The van der Waals surface area contributed by atoms with Crippen molar-refractivity contribution in [2.45, 2.75) is 121 Å². The first kappa shape index (κ1) is 79.1. The van der Waals surface area contributed by atoms with Crippen molar-refractivity contribution >= 4 is 115 Å². The molecular weight excluding hydrogens is 1440 g/mol. The van der Waals surface area contributed by atoms with Crippen LogP contribution in [0.1, 0.15) is 147 Å². The number of carbonyl (C=O) groups excluding carboxylic acids is 8. The third kappa shape index (κ3) is 16.7. The predicted octanol–water partition coefficient (Wildman–Crippen LogP) is 6.97. The summed E-state index contributed by atoms with van der Waals surface area (Å²) in [6.45, 7) is 19.1. The minimum absolute atomic E-state index is 0.0882. The number of benzene rings is 4. The molecule has 0 saturated heterocycles. The van der Waals surface area contributed by atoms with E-state index in [0.29, 0.717) is 146 Å². The molecular formula is C75H86N24O13. The Labute approximate surface area is 639 Å². The van der Waals surface area contributed by atoms with Crippen LogP contribution in [0.5, 0.6) is 23.0 Å². The number of nitrogens with one attached hydrogen (secondary N) is 4.